The summed E-state index contributed by atoms with van der Waals surface area (Å²) in [5.74, 6) is 0. The third-order valence-electron chi connectivity index (χ3n) is 2.26. The topological polar surface area (TPSA) is 96.4 Å². The lowest BCUT2D eigenvalue weighted by molar-refractivity contribution is 0.408. The Hall–Kier alpha value is -1.03. The number of nitrogens with one attached hydrogen (secondary N) is 1. The molecule has 1 N–H and O–H groups in total. The van der Waals surface area contributed by atoms with Crippen molar-refractivity contribution >= 4 is 20.0 Å². The van der Waals surface area contributed by atoms with Gasteiger partial charge in [-0.3, -0.25) is 4.98 Å². The van der Waals surface area contributed by atoms with E-state index in [1.54, 1.807) is 24.4 Å². The molecule has 0 atom stereocenters. The summed E-state index contributed by atoms with van der Waals surface area (Å²) in [6.07, 6.45) is 3.68. The molecule has 7 nitrogen and oxygen atoms in total. The Bertz CT molecular complexity index is 599. The lowest BCUT2D eigenvalue weighted by Crippen LogP contribution is -2.37. The number of hydrogen-bond donors (Lipinski definition) is 1. The van der Waals surface area contributed by atoms with Crippen LogP contribution in [0.3, 0.4) is 0 Å². The van der Waals surface area contributed by atoms with Gasteiger partial charge in [-0.1, -0.05) is 6.07 Å². The number of sulfonamides is 2. The average Bonchev–Trinajstić information content (AvgIpc) is 2.26. The van der Waals surface area contributed by atoms with Crippen LogP contribution in [-0.4, -0.2) is 51.7 Å². The predicted molar refractivity (Wildman–Crippen MR) is 72.3 cm³/mol. The third kappa shape index (κ3) is 6.62. The van der Waals surface area contributed by atoms with E-state index in [2.05, 4.69) is 9.71 Å². The van der Waals surface area contributed by atoms with Crippen molar-refractivity contribution in [2.24, 2.45) is 0 Å². The SMILES string of the molecule is CS(=O)(=O)NCCN(Cc1ccccn1)S(C)(=O)=O. The van der Waals surface area contributed by atoms with Crippen molar-refractivity contribution in [3.8, 4) is 0 Å². The van der Waals surface area contributed by atoms with Crippen LogP contribution in [0, 0.1) is 0 Å². The van der Waals surface area contributed by atoms with Gasteiger partial charge in [-0.2, -0.15) is 4.31 Å². The van der Waals surface area contributed by atoms with Crippen LogP contribution in [0.25, 0.3) is 0 Å². The maximum atomic E-state index is 11.6. The summed E-state index contributed by atoms with van der Waals surface area (Å²) < 4.78 is 48.5. The highest BCUT2D eigenvalue weighted by Gasteiger charge is 2.17. The fraction of sp³-hybridized carbons (Fsp3) is 0.500. The van der Waals surface area contributed by atoms with Crippen molar-refractivity contribution in [3.05, 3.63) is 30.1 Å². The first-order chi connectivity index (χ1) is 8.68. The lowest BCUT2D eigenvalue weighted by Gasteiger charge is -2.19. The second-order valence-electron chi connectivity index (χ2n) is 4.08. The molecule has 0 aliphatic rings. The molecular weight excluding hydrogens is 290 g/mol. The second kappa shape index (κ2) is 6.42. The standard InChI is InChI=1S/C10H17N3O4S2/c1-18(14,15)12-7-8-13(19(2,16)17)9-10-5-3-4-6-11-10/h3-6,12H,7-9H2,1-2H3. The van der Waals surface area contributed by atoms with Gasteiger partial charge in [0.15, 0.2) is 0 Å². The maximum absolute atomic E-state index is 11.6. The highest BCUT2D eigenvalue weighted by Crippen LogP contribution is 2.05. The molecule has 0 radical (unpaired) electrons. The van der Waals surface area contributed by atoms with Crippen molar-refractivity contribution in [1.29, 1.82) is 0 Å². The molecule has 0 amide bonds. The lowest BCUT2D eigenvalue weighted by atomic mass is 10.3. The zero-order chi connectivity index (χ0) is 14.5. The van der Waals surface area contributed by atoms with Gasteiger partial charge in [-0.25, -0.2) is 21.6 Å². The van der Waals surface area contributed by atoms with Gasteiger partial charge in [0.2, 0.25) is 20.0 Å². The smallest absolute Gasteiger partial charge is 0.211 e. The summed E-state index contributed by atoms with van der Waals surface area (Å²) in [4.78, 5) is 4.04. The number of rotatable bonds is 7. The normalized spacial score (nSPS) is 12.8. The Morgan fingerprint density at radius 1 is 1.21 bits per heavy atom. The maximum Gasteiger partial charge on any atom is 0.211 e. The van der Waals surface area contributed by atoms with Crippen LogP contribution in [0.1, 0.15) is 5.69 Å². The molecule has 0 saturated carbocycles. The first-order valence-corrected chi connectivity index (χ1v) is 9.22. The van der Waals surface area contributed by atoms with Crippen molar-refractivity contribution < 1.29 is 16.8 Å². The molecule has 9 heteroatoms. The molecule has 1 rings (SSSR count). The molecular formula is C10H17N3O4S2. The predicted octanol–water partition coefficient (Wildman–Crippen LogP) is -0.608. The molecule has 0 aliphatic heterocycles. The van der Waals surface area contributed by atoms with E-state index in [0.717, 1.165) is 12.5 Å². The van der Waals surface area contributed by atoms with Crippen LogP contribution in [0.2, 0.25) is 0 Å². The number of aromatic nitrogens is 1. The van der Waals surface area contributed by atoms with E-state index in [1.165, 1.54) is 4.31 Å². The summed E-state index contributed by atoms with van der Waals surface area (Å²) >= 11 is 0. The molecule has 19 heavy (non-hydrogen) atoms. The third-order valence-corrected chi connectivity index (χ3v) is 4.24. The molecule has 0 fully saturated rings. The fourth-order valence-corrected chi connectivity index (χ4v) is 2.64. The van der Waals surface area contributed by atoms with Crippen molar-refractivity contribution in [2.75, 3.05) is 25.6 Å². The summed E-state index contributed by atoms with van der Waals surface area (Å²) in [7, 11) is -6.75. The van der Waals surface area contributed by atoms with E-state index in [4.69, 9.17) is 0 Å². The van der Waals surface area contributed by atoms with Gasteiger partial charge >= 0.3 is 0 Å². The Morgan fingerprint density at radius 3 is 2.37 bits per heavy atom. The molecule has 1 aromatic rings. The van der Waals surface area contributed by atoms with Crippen LogP contribution in [0.15, 0.2) is 24.4 Å². The second-order valence-corrected chi connectivity index (χ2v) is 7.90. The number of hydrogen-bond acceptors (Lipinski definition) is 5. The van der Waals surface area contributed by atoms with E-state index < -0.39 is 20.0 Å². The number of nitrogens with zero attached hydrogens (tertiary/aromatic N) is 2. The average molecular weight is 307 g/mol. The highest BCUT2D eigenvalue weighted by molar-refractivity contribution is 7.88. The quantitative estimate of drug-likeness (QED) is 0.725. The Morgan fingerprint density at radius 2 is 1.89 bits per heavy atom. The van der Waals surface area contributed by atoms with E-state index >= 15 is 0 Å². The van der Waals surface area contributed by atoms with Crippen molar-refractivity contribution in [1.82, 2.24) is 14.0 Å². The van der Waals surface area contributed by atoms with E-state index in [9.17, 15) is 16.8 Å². The zero-order valence-corrected chi connectivity index (χ0v) is 12.4. The summed E-state index contributed by atoms with van der Waals surface area (Å²) in [6.45, 7) is 0.201. The molecule has 0 aromatic carbocycles. The zero-order valence-electron chi connectivity index (χ0n) is 10.8. The van der Waals surface area contributed by atoms with Crippen molar-refractivity contribution in [3.63, 3.8) is 0 Å². The van der Waals surface area contributed by atoms with Crippen LogP contribution in [0.5, 0.6) is 0 Å². The number of pyridine rings is 1. The summed E-state index contributed by atoms with van der Waals surface area (Å²) in [6, 6.07) is 5.21. The van der Waals surface area contributed by atoms with Gasteiger partial charge in [0.1, 0.15) is 0 Å². The summed E-state index contributed by atoms with van der Waals surface area (Å²) in [5.41, 5.74) is 0.604. The molecule has 0 spiro atoms. The largest absolute Gasteiger partial charge is 0.260 e. The van der Waals surface area contributed by atoms with Gasteiger partial charge in [0.25, 0.3) is 0 Å². The van der Waals surface area contributed by atoms with Crippen LogP contribution < -0.4 is 4.72 Å². The molecule has 0 unspecified atom stereocenters. The van der Waals surface area contributed by atoms with E-state index in [-0.39, 0.29) is 19.6 Å². The van der Waals surface area contributed by atoms with Gasteiger partial charge < -0.3 is 0 Å². The molecule has 1 aromatic heterocycles. The Kier molecular flexibility index (Phi) is 5.41. The van der Waals surface area contributed by atoms with Gasteiger partial charge in [0.05, 0.1) is 24.8 Å². The monoisotopic (exact) mass is 307 g/mol. The minimum Gasteiger partial charge on any atom is -0.260 e. The molecule has 0 saturated heterocycles. The van der Waals surface area contributed by atoms with Crippen molar-refractivity contribution in [2.45, 2.75) is 6.54 Å². The van der Waals surface area contributed by atoms with Crippen LogP contribution >= 0.6 is 0 Å². The molecule has 0 aliphatic carbocycles. The Balaban J connectivity index is 2.69. The van der Waals surface area contributed by atoms with Gasteiger partial charge in [-0.15, -0.1) is 0 Å². The van der Waals surface area contributed by atoms with E-state index in [0.29, 0.717) is 5.69 Å². The first kappa shape index (κ1) is 16.0. The Labute approximate surface area is 113 Å². The highest BCUT2D eigenvalue weighted by atomic mass is 32.2. The van der Waals surface area contributed by atoms with Crippen LogP contribution in [-0.2, 0) is 26.6 Å². The van der Waals surface area contributed by atoms with Crippen LogP contribution in [0.4, 0.5) is 0 Å². The molecule has 0 bridgehead atoms. The van der Waals surface area contributed by atoms with E-state index in [1.807, 2.05) is 0 Å². The minimum absolute atomic E-state index is 0.0265. The molecule has 1 heterocycles. The fourth-order valence-electron chi connectivity index (χ4n) is 1.39. The minimum atomic E-state index is -3.42. The summed E-state index contributed by atoms with van der Waals surface area (Å²) in [5, 5.41) is 0. The van der Waals surface area contributed by atoms with Gasteiger partial charge in [-0.05, 0) is 12.1 Å². The first-order valence-electron chi connectivity index (χ1n) is 5.48. The van der Waals surface area contributed by atoms with Gasteiger partial charge in [0, 0.05) is 19.3 Å². The molecule has 108 valence electrons.